The van der Waals surface area contributed by atoms with E-state index in [1.165, 1.54) is 22.6 Å². The molecule has 2 aromatic rings. The average Bonchev–Trinajstić information content (AvgIpc) is 2.91. The van der Waals surface area contributed by atoms with Gasteiger partial charge in [-0.25, -0.2) is 4.98 Å². The van der Waals surface area contributed by atoms with Gasteiger partial charge in [0.05, 0.1) is 16.6 Å². The minimum atomic E-state index is 0.166. The third-order valence-corrected chi connectivity index (χ3v) is 5.40. The molecule has 17 heavy (non-hydrogen) atoms. The minimum absolute atomic E-state index is 0.166. The Balaban J connectivity index is 1.83. The van der Waals surface area contributed by atoms with Crippen molar-refractivity contribution in [2.24, 2.45) is 11.7 Å². The van der Waals surface area contributed by atoms with Gasteiger partial charge in [-0.15, -0.1) is 22.7 Å². The van der Waals surface area contributed by atoms with Crippen LogP contribution in [0.1, 0.15) is 35.7 Å². The maximum absolute atomic E-state index is 6.17. The molecule has 0 radical (unpaired) electrons. The van der Waals surface area contributed by atoms with Gasteiger partial charge in [0.25, 0.3) is 0 Å². The SMILES string of the molecule is CCc1ccc(-c2csc(C(N)C3CC3)n2)s1. The first-order chi connectivity index (χ1) is 8.28. The summed E-state index contributed by atoms with van der Waals surface area (Å²) >= 11 is 3.55. The molecule has 0 aromatic carbocycles. The van der Waals surface area contributed by atoms with E-state index in [1.54, 1.807) is 11.3 Å². The first kappa shape index (κ1) is 11.4. The smallest absolute Gasteiger partial charge is 0.110 e. The van der Waals surface area contributed by atoms with Gasteiger partial charge in [0.1, 0.15) is 5.01 Å². The molecule has 0 aliphatic heterocycles. The molecule has 1 aliphatic carbocycles. The fourth-order valence-corrected chi connectivity index (χ4v) is 3.81. The highest BCUT2D eigenvalue weighted by atomic mass is 32.1. The first-order valence-corrected chi connectivity index (χ1v) is 7.77. The number of nitrogens with zero attached hydrogens (tertiary/aromatic N) is 1. The summed E-state index contributed by atoms with van der Waals surface area (Å²) < 4.78 is 0. The quantitative estimate of drug-likeness (QED) is 0.911. The van der Waals surface area contributed by atoms with Crippen LogP contribution in [0.5, 0.6) is 0 Å². The van der Waals surface area contributed by atoms with Crippen molar-refractivity contribution in [2.75, 3.05) is 0 Å². The topological polar surface area (TPSA) is 38.9 Å². The molecule has 90 valence electrons. The Morgan fingerprint density at radius 2 is 2.29 bits per heavy atom. The zero-order chi connectivity index (χ0) is 11.8. The van der Waals surface area contributed by atoms with Gasteiger partial charge in [-0.1, -0.05) is 6.92 Å². The van der Waals surface area contributed by atoms with Crippen LogP contribution in [0.3, 0.4) is 0 Å². The Morgan fingerprint density at radius 3 is 2.94 bits per heavy atom. The lowest BCUT2D eigenvalue weighted by Crippen LogP contribution is -2.11. The van der Waals surface area contributed by atoms with Gasteiger partial charge >= 0.3 is 0 Å². The van der Waals surface area contributed by atoms with Crippen molar-refractivity contribution >= 4 is 22.7 Å². The summed E-state index contributed by atoms with van der Waals surface area (Å²) in [6.07, 6.45) is 3.65. The highest BCUT2D eigenvalue weighted by Gasteiger charge is 2.31. The summed E-state index contributed by atoms with van der Waals surface area (Å²) in [7, 11) is 0. The maximum Gasteiger partial charge on any atom is 0.110 e. The van der Waals surface area contributed by atoms with E-state index in [2.05, 4.69) is 24.4 Å². The van der Waals surface area contributed by atoms with E-state index in [0.29, 0.717) is 5.92 Å². The summed E-state index contributed by atoms with van der Waals surface area (Å²) in [5.74, 6) is 0.684. The summed E-state index contributed by atoms with van der Waals surface area (Å²) in [4.78, 5) is 7.38. The van der Waals surface area contributed by atoms with Gasteiger partial charge in [-0.2, -0.15) is 0 Å². The molecular weight excluding hydrogens is 248 g/mol. The molecule has 1 aliphatic rings. The van der Waals surface area contributed by atoms with Crippen molar-refractivity contribution in [2.45, 2.75) is 32.2 Å². The molecule has 1 atom stereocenters. The number of thiophene rings is 1. The van der Waals surface area contributed by atoms with E-state index in [9.17, 15) is 0 Å². The van der Waals surface area contributed by atoms with E-state index in [-0.39, 0.29) is 6.04 Å². The average molecular weight is 264 g/mol. The summed E-state index contributed by atoms with van der Waals surface area (Å²) in [6, 6.07) is 4.53. The van der Waals surface area contributed by atoms with Crippen molar-refractivity contribution in [1.82, 2.24) is 4.98 Å². The fourth-order valence-electron chi connectivity index (χ4n) is 1.92. The van der Waals surface area contributed by atoms with E-state index in [4.69, 9.17) is 10.7 Å². The van der Waals surface area contributed by atoms with Crippen LogP contribution in [0.2, 0.25) is 0 Å². The predicted octanol–water partition coefficient (Wildman–Crippen LogP) is 3.84. The zero-order valence-electron chi connectivity index (χ0n) is 9.85. The van der Waals surface area contributed by atoms with E-state index in [1.807, 2.05) is 11.3 Å². The summed E-state index contributed by atoms with van der Waals surface area (Å²) in [6.45, 7) is 2.19. The van der Waals surface area contributed by atoms with Crippen molar-refractivity contribution < 1.29 is 0 Å². The van der Waals surface area contributed by atoms with Crippen molar-refractivity contribution in [3.8, 4) is 10.6 Å². The molecule has 2 N–H and O–H groups in total. The monoisotopic (exact) mass is 264 g/mol. The molecule has 3 rings (SSSR count). The molecule has 1 saturated carbocycles. The second-order valence-corrected chi connectivity index (χ2v) is 6.61. The van der Waals surface area contributed by atoms with Gasteiger partial charge in [0.15, 0.2) is 0 Å². The Kier molecular flexibility index (Phi) is 3.03. The summed E-state index contributed by atoms with van der Waals surface area (Å²) in [5.41, 5.74) is 7.28. The van der Waals surface area contributed by atoms with E-state index in [0.717, 1.165) is 17.1 Å². The fraction of sp³-hybridized carbons (Fsp3) is 0.462. The first-order valence-electron chi connectivity index (χ1n) is 6.08. The summed E-state index contributed by atoms with van der Waals surface area (Å²) in [5, 5.41) is 3.25. The molecule has 0 saturated heterocycles. The maximum atomic E-state index is 6.17. The van der Waals surface area contributed by atoms with Gasteiger partial charge in [0, 0.05) is 10.3 Å². The number of hydrogen-bond donors (Lipinski definition) is 1. The number of nitrogens with two attached hydrogens (primary N) is 1. The van der Waals surface area contributed by atoms with Gasteiger partial charge in [-0.05, 0) is 37.3 Å². The largest absolute Gasteiger partial charge is 0.322 e. The van der Waals surface area contributed by atoms with Crippen LogP contribution in [0.25, 0.3) is 10.6 Å². The second-order valence-electron chi connectivity index (χ2n) is 4.55. The van der Waals surface area contributed by atoms with Crippen molar-refractivity contribution in [3.63, 3.8) is 0 Å². The standard InChI is InChI=1S/C13H16N2S2/c1-2-9-5-6-11(17-9)10-7-16-13(15-10)12(14)8-3-4-8/h5-8,12H,2-4,14H2,1H3. The number of aromatic nitrogens is 1. The number of hydrogen-bond acceptors (Lipinski definition) is 4. The van der Waals surface area contributed by atoms with Crippen molar-refractivity contribution in [1.29, 1.82) is 0 Å². The Bertz CT molecular complexity index is 511. The minimum Gasteiger partial charge on any atom is -0.322 e. The lowest BCUT2D eigenvalue weighted by Gasteiger charge is -2.04. The van der Waals surface area contributed by atoms with Crippen LogP contribution in [-0.4, -0.2) is 4.98 Å². The van der Waals surface area contributed by atoms with Crippen LogP contribution in [0.4, 0.5) is 0 Å². The molecule has 2 heterocycles. The van der Waals surface area contributed by atoms with Gasteiger partial charge in [0.2, 0.25) is 0 Å². The number of thiazole rings is 1. The highest BCUT2D eigenvalue weighted by Crippen LogP contribution is 2.41. The molecule has 2 nitrogen and oxygen atoms in total. The highest BCUT2D eigenvalue weighted by molar-refractivity contribution is 7.16. The predicted molar refractivity (Wildman–Crippen MR) is 74.5 cm³/mol. The lowest BCUT2D eigenvalue weighted by molar-refractivity contribution is 0.629. The Hall–Kier alpha value is -0.710. The molecule has 1 unspecified atom stereocenters. The zero-order valence-corrected chi connectivity index (χ0v) is 11.5. The van der Waals surface area contributed by atoms with Gasteiger partial charge in [-0.3, -0.25) is 0 Å². The Labute approximate surface area is 110 Å². The molecule has 4 heteroatoms. The molecular formula is C13H16N2S2. The van der Waals surface area contributed by atoms with Crippen LogP contribution in [0, 0.1) is 5.92 Å². The third kappa shape index (κ3) is 2.30. The number of aryl methyl sites for hydroxylation is 1. The van der Waals surface area contributed by atoms with Gasteiger partial charge < -0.3 is 5.73 Å². The third-order valence-electron chi connectivity index (χ3n) is 3.20. The number of rotatable bonds is 4. The molecule has 0 amide bonds. The van der Waals surface area contributed by atoms with Crippen LogP contribution in [0.15, 0.2) is 17.5 Å². The normalized spacial score (nSPS) is 17.3. The Morgan fingerprint density at radius 1 is 1.47 bits per heavy atom. The molecule has 0 spiro atoms. The van der Waals surface area contributed by atoms with E-state index < -0.39 is 0 Å². The van der Waals surface area contributed by atoms with Crippen LogP contribution < -0.4 is 5.73 Å². The lowest BCUT2D eigenvalue weighted by atomic mass is 10.2. The molecule has 1 fully saturated rings. The van der Waals surface area contributed by atoms with Crippen molar-refractivity contribution in [3.05, 3.63) is 27.4 Å². The van der Waals surface area contributed by atoms with E-state index >= 15 is 0 Å². The van der Waals surface area contributed by atoms with Crippen LogP contribution in [-0.2, 0) is 6.42 Å². The molecule has 0 bridgehead atoms. The molecule has 2 aromatic heterocycles. The van der Waals surface area contributed by atoms with Crippen LogP contribution >= 0.6 is 22.7 Å². The second kappa shape index (κ2) is 4.52.